The van der Waals surface area contributed by atoms with E-state index < -0.39 is 10.0 Å². The summed E-state index contributed by atoms with van der Waals surface area (Å²) in [4.78, 5) is 0. The Hall–Kier alpha value is -0.130. The van der Waals surface area contributed by atoms with Gasteiger partial charge in [-0.05, 0) is 0 Å². The number of primary sulfonamides is 1. The molecule has 0 bridgehead atoms. The van der Waals surface area contributed by atoms with E-state index in [2.05, 4.69) is 5.14 Å². The van der Waals surface area contributed by atoms with Crippen molar-refractivity contribution in [2.45, 2.75) is 0 Å². The lowest BCUT2D eigenvalue weighted by molar-refractivity contribution is 0.603. The van der Waals surface area contributed by atoms with Crippen molar-refractivity contribution in [1.82, 2.24) is 6.15 Å². The fourth-order valence-electron chi connectivity index (χ4n) is 0. The van der Waals surface area contributed by atoms with Crippen LogP contribution in [0.4, 0.5) is 0 Å². The third kappa shape index (κ3) is 1890. The van der Waals surface area contributed by atoms with Crippen LogP contribution in [0.25, 0.3) is 0 Å². The van der Waals surface area contributed by atoms with Crippen molar-refractivity contribution >= 4 is 10.0 Å². The Morgan fingerprint density at radius 1 is 1.50 bits per heavy atom. The molecule has 40 valence electrons. The summed E-state index contributed by atoms with van der Waals surface area (Å²) in [5, 5.41) is 4.33. The number of rotatable bonds is 0. The van der Waals surface area contributed by atoms with E-state index >= 15 is 0 Å². The molecule has 0 atom stereocenters. The van der Waals surface area contributed by atoms with Crippen LogP contribution in [0.2, 0.25) is 0 Å². The third-order valence-corrected chi connectivity index (χ3v) is 0. The second-order valence-electron chi connectivity index (χ2n) is 0.830. The van der Waals surface area contributed by atoms with Gasteiger partial charge in [-0.25, -0.2) is 13.6 Å². The van der Waals surface area contributed by atoms with Gasteiger partial charge in [-0.1, -0.05) is 0 Å². The summed E-state index contributed by atoms with van der Waals surface area (Å²) in [7, 11) is -3.17. The van der Waals surface area contributed by atoms with Gasteiger partial charge < -0.3 is 6.15 Å². The Balaban J connectivity index is 0. The van der Waals surface area contributed by atoms with Crippen LogP contribution in [0.15, 0.2) is 0 Å². The quantitative estimate of drug-likeness (QED) is 0.423. The average Bonchev–Trinajstić information content (AvgIpc) is 0.722. The number of nitrogens with two attached hydrogens (primary N) is 1. The normalized spacial score (nSPS) is 9.67. The zero-order chi connectivity index (χ0) is 4.50. The standard InChI is InChI=1S/CH5NO2S.H3N/c1-5(2,3)4;/h1H3,(H2,2,3,4);1H3. The van der Waals surface area contributed by atoms with Crippen LogP contribution in [0.5, 0.6) is 0 Å². The molecule has 0 amide bonds. The summed E-state index contributed by atoms with van der Waals surface area (Å²) < 4.78 is 18.8. The molecule has 0 aromatic carbocycles. The molecule has 0 heterocycles. The molecule has 0 aliphatic carbocycles. The zero-order valence-electron chi connectivity index (χ0n) is 3.51. The van der Waals surface area contributed by atoms with Crippen LogP contribution >= 0.6 is 0 Å². The first-order valence-corrected chi connectivity index (χ1v) is 2.93. The summed E-state index contributed by atoms with van der Waals surface area (Å²) in [6.45, 7) is 0. The second-order valence-corrected chi connectivity index (χ2v) is 2.49. The highest BCUT2D eigenvalue weighted by Crippen LogP contribution is 1.52. The maximum atomic E-state index is 9.41. The maximum absolute atomic E-state index is 9.41. The van der Waals surface area contributed by atoms with Crippen LogP contribution in [-0.4, -0.2) is 14.7 Å². The number of hydrogen-bond donors (Lipinski definition) is 2. The van der Waals surface area contributed by atoms with E-state index in [1.807, 2.05) is 0 Å². The molecule has 4 nitrogen and oxygen atoms in total. The highest BCUT2D eigenvalue weighted by Gasteiger charge is 1.78. The fraction of sp³-hybridized carbons (Fsp3) is 1.00. The Bertz CT molecular complexity index is 94.7. The molecule has 0 rings (SSSR count). The summed E-state index contributed by atoms with van der Waals surface area (Å²) in [5.41, 5.74) is 0. The molecule has 0 saturated carbocycles. The van der Waals surface area contributed by atoms with Gasteiger partial charge >= 0.3 is 0 Å². The maximum Gasteiger partial charge on any atom is 0.206 e. The van der Waals surface area contributed by atoms with Gasteiger partial charge in [0.2, 0.25) is 10.0 Å². The first kappa shape index (κ1) is 9.30. The van der Waals surface area contributed by atoms with Crippen LogP contribution in [-0.2, 0) is 10.0 Å². The lowest BCUT2D eigenvalue weighted by atomic mass is 12.0. The van der Waals surface area contributed by atoms with Crippen LogP contribution in [0.1, 0.15) is 0 Å². The first-order chi connectivity index (χ1) is 2.00. The van der Waals surface area contributed by atoms with Crippen LogP contribution in [0, 0.1) is 0 Å². The molecule has 5 N–H and O–H groups in total. The molecule has 0 aromatic rings. The van der Waals surface area contributed by atoms with Gasteiger partial charge in [-0.2, -0.15) is 0 Å². The number of sulfonamides is 1. The largest absolute Gasteiger partial charge is 0.344 e. The van der Waals surface area contributed by atoms with E-state index in [9.17, 15) is 8.42 Å². The Morgan fingerprint density at radius 2 is 1.50 bits per heavy atom. The van der Waals surface area contributed by atoms with E-state index in [4.69, 9.17) is 0 Å². The lowest BCUT2D eigenvalue weighted by Crippen LogP contribution is -2.07. The minimum Gasteiger partial charge on any atom is -0.344 e. The molecular formula is CH8N2O2S. The second kappa shape index (κ2) is 2.12. The van der Waals surface area contributed by atoms with Crippen molar-refractivity contribution in [3.63, 3.8) is 0 Å². The fourth-order valence-corrected chi connectivity index (χ4v) is 0. The molecule has 0 aliphatic rings. The molecule has 0 fully saturated rings. The van der Waals surface area contributed by atoms with Crippen molar-refractivity contribution in [3.05, 3.63) is 0 Å². The summed E-state index contributed by atoms with van der Waals surface area (Å²) in [6, 6.07) is 0. The van der Waals surface area contributed by atoms with Gasteiger partial charge in [0.25, 0.3) is 0 Å². The Morgan fingerprint density at radius 3 is 1.50 bits per heavy atom. The minimum atomic E-state index is -3.17. The highest BCUT2D eigenvalue weighted by molar-refractivity contribution is 7.88. The summed E-state index contributed by atoms with van der Waals surface area (Å²) >= 11 is 0. The van der Waals surface area contributed by atoms with E-state index in [0.29, 0.717) is 0 Å². The van der Waals surface area contributed by atoms with Crippen molar-refractivity contribution < 1.29 is 8.42 Å². The molecule has 0 aliphatic heterocycles. The Kier molecular flexibility index (Phi) is 3.28. The highest BCUT2D eigenvalue weighted by atomic mass is 32.2. The van der Waals surface area contributed by atoms with Crippen molar-refractivity contribution in [3.8, 4) is 0 Å². The van der Waals surface area contributed by atoms with Crippen LogP contribution in [0.3, 0.4) is 0 Å². The van der Waals surface area contributed by atoms with E-state index in [1.54, 1.807) is 0 Å². The Labute approximate surface area is 37.0 Å². The third-order valence-electron chi connectivity index (χ3n) is 0. The van der Waals surface area contributed by atoms with E-state index in [-0.39, 0.29) is 6.15 Å². The average molecular weight is 112 g/mol. The van der Waals surface area contributed by atoms with Crippen molar-refractivity contribution in [1.29, 1.82) is 0 Å². The molecule has 0 radical (unpaired) electrons. The molecular weight excluding hydrogens is 104 g/mol. The van der Waals surface area contributed by atoms with E-state index in [0.717, 1.165) is 6.26 Å². The SMILES string of the molecule is CS(N)(=O)=O.N. The summed E-state index contributed by atoms with van der Waals surface area (Å²) in [6.07, 6.45) is 0.938. The molecule has 5 heteroatoms. The van der Waals surface area contributed by atoms with E-state index in [1.165, 1.54) is 0 Å². The molecule has 6 heavy (non-hydrogen) atoms. The smallest absolute Gasteiger partial charge is 0.206 e. The molecule has 0 spiro atoms. The first-order valence-electron chi connectivity index (χ1n) is 0.977. The van der Waals surface area contributed by atoms with Gasteiger partial charge in [0.15, 0.2) is 0 Å². The molecule has 0 saturated heterocycles. The zero-order valence-corrected chi connectivity index (χ0v) is 4.33. The van der Waals surface area contributed by atoms with Gasteiger partial charge in [0.1, 0.15) is 0 Å². The summed E-state index contributed by atoms with van der Waals surface area (Å²) in [5.74, 6) is 0. The lowest BCUT2D eigenvalue weighted by Gasteiger charge is -1.71. The topological polar surface area (TPSA) is 95.2 Å². The van der Waals surface area contributed by atoms with Crippen molar-refractivity contribution in [2.24, 2.45) is 5.14 Å². The number of hydrogen-bond acceptors (Lipinski definition) is 3. The van der Waals surface area contributed by atoms with Gasteiger partial charge in [-0.3, -0.25) is 0 Å². The predicted molar refractivity (Wildman–Crippen MR) is 24.1 cm³/mol. The molecule has 0 unspecified atom stereocenters. The van der Waals surface area contributed by atoms with Crippen molar-refractivity contribution in [2.75, 3.05) is 6.26 Å². The van der Waals surface area contributed by atoms with Gasteiger partial charge in [-0.15, -0.1) is 0 Å². The molecule has 0 aromatic heterocycles. The van der Waals surface area contributed by atoms with Gasteiger partial charge in [0, 0.05) is 0 Å². The van der Waals surface area contributed by atoms with Gasteiger partial charge in [0.05, 0.1) is 6.26 Å². The van der Waals surface area contributed by atoms with Crippen LogP contribution < -0.4 is 11.3 Å². The minimum absolute atomic E-state index is 0. The monoisotopic (exact) mass is 112 g/mol. The predicted octanol–water partition coefficient (Wildman–Crippen LogP) is -0.933.